The molecule has 14 rings (SSSR count). The highest BCUT2D eigenvalue weighted by Crippen LogP contribution is 2.25. The molecule has 1 saturated heterocycles. The Morgan fingerprint density at radius 3 is 0.803 bits per heavy atom. The van der Waals surface area contributed by atoms with E-state index in [4.69, 9.17) is 10.6 Å². The van der Waals surface area contributed by atoms with Crippen LogP contribution < -0.4 is 27.0 Å². The van der Waals surface area contributed by atoms with E-state index in [0.29, 0.717) is 62.0 Å². The smallest absolute Gasteiger partial charge is 0.333 e. The van der Waals surface area contributed by atoms with Gasteiger partial charge in [0.25, 0.3) is 35.4 Å². The Hall–Kier alpha value is -15.1. The van der Waals surface area contributed by atoms with Gasteiger partial charge in [-0.05, 0) is 264 Å². The Morgan fingerprint density at radius 1 is 0.323 bits per heavy atom. The van der Waals surface area contributed by atoms with E-state index < -0.39 is 17.8 Å². The monoisotopic (exact) mass is 1690 g/mol. The molecule has 0 unspecified atom stereocenters. The lowest BCUT2D eigenvalue weighted by molar-refractivity contribution is -0.197. The molecule has 6 amide bonds. The van der Waals surface area contributed by atoms with Crippen LogP contribution >= 0.6 is 0 Å². The standard InChI is InChI=1S/C42H40N6O2.C32H32N4O.C31H34N4O5/c1-29-27-31(3)47-25-23-37(39(47)43-29)41(49)45-35-19-15-33(16-20-35)13-11-9-7-5-6-8-10-12-14-34-17-21-36(22-18-34)46-42(50)38-24-26-48-32(4)28-30(2)44-40(38)48;1-24-23-25(2)36-22-21-30(31(36)34-24)32(37)35-29-19-15-27(16-20-29)12-10-8-6-4-3-5-7-9-11-26-13-17-28(33)18-14-26;1-22-21-23(2)34-20-19-26(30(34)32-22)31(39)33-25-15-13-24(14-16-25)11-9-7-5-3-4-6-8-10-12-29(38)40-35-27(36)17-18-28(35)37/h15-28H,5-10H2,1-4H3,(H,45,49)(H,46,50);13-23H,3-8,33H2,1-2H3,(H,35,37);13-16,19-21H,3-8,10,12,17-18H2,1-2H3,(H,33,39). The predicted molar refractivity (Wildman–Crippen MR) is 501 cm³/mol. The number of aromatic nitrogens is 8. The largest absolute Gasteiger partial charge is 0.399 e. The molecule has 1 aliphatic rings. The number of imide groups is 1. The molecule has 0 saturated carbocycles. The van der Waals surface area contributed by atoms with Crippen LogP contribution in [0.15, 0.2) is 195 Å². The lowest BCUT2D eigenvalue weighted by Crippen LogP contribution is -2.31. The number of unbranched alkanes of at least 4 members (excludes halogenated alkanes) is 16. The van der Waals surface area contributed by atoms with E-state index in [1.807, 2.05) is 243 Å². The van der Waals surface area contributed by atoms with Crippen molar-refractivity contribution < 1.29 is 38.4 Å². The maximum absolute atomic E-state index is 12.9. The fourth-order valence-electron chi connectivity index (χ4n) is 14.6. The van der Waals surface area contributed by atoms with Gasteiger partial charge in [0.05, 0.1) is 22.3 Å². The van der Waals surface area contributed by atoms with Crippen LogP contribution in [0.25, 0.3) is 22.6 Å². The molecule has 127 heavy (non-hydrogen) atoms. The molecular weight excluding hydrogens is 1590 g/mol. The number of anilines is 5. The zero-order valence-electron chi connectivity index (χ0n) is 73.4. The van der Waals surface area contributed by atoms with Gasteiger partial charge in [0, 0.05) is 178 Å². The summed E-state index contributed by atoms with van der Waals surface area (Å²) in [6.45, 7) is 15.7. The minimum absolute atomic E-state index is 0.105. The van der Waals surface area contributed by atoms with Crippen molar-refractivity contribution in [3.8, 4) is 59.2 Å². The van der Waals surface area contributed by atoms with Gasteiger partial charge >= 0.3 is 5.97 Å². The zero-order chi connectivity index (χ0) is 89.6. The van der Waals surface area contributed by atoms with Crippen molar-refractivity contribution in [3.63, 3.8) is 0 Å². The number of hydrogen-bond acceptors (Lipinski definition) is 13. The number of hydrogen-bond donors (Lipinski definition) is 5. The molecule has 0 radical (unpaired) electrons. The van der Waals surface area contributed by atoms with Crippen LogP contribution in [0.2, 0.25) is 0 Å². The fourth-order valence-corrected chi connectivity index (χ4v) is 14.6. The van der Waals surface area contributed by atoms with Crippen molar-refractivity contribution in [2.24, 2.45) is 0 Å². The molecule has 22 heteroatoms. The van der Waals surface area contributed by atoms with Gasteiger partial charge in [-0.2, -0.15) is 0 Å². The number of rotatable bonds is 27. The van der Waals surface area contributed by atoms with E-state index in [-0.39, 0.29) is 42.9 Å². The molecule has 22 nitrogen and oxygen atoms in total. The Kier molecular flexibility index (Phi) is 32.6. The normalized spacial score (nSPS) is 11.3. The molecule has 6 N–H and O–H groups in total. The zero-order valence-corrected chi connectivity index (χ0v) is 73.4. The number of carbonyl (C=O) groups excluding carboxylic acids is 7. The number of nitrogens with one attached hydrogen (secondary N) is 4. The van der Waals surface area contributed by atoms with E-state index in [2.05, 4.69) is 100 Å². The van der Waals surface area contributed by atoms with Crippen LogP contribution in [0.5, 0.6) is 0 Å². The first-order chi connectivity index (χ1) is 61.5. The Labute approximate surface area is 742 Å². The number of amides is 6. The molecular formula is C105H106N14O8. The number of carbonyl (C=O) groups is 7. The molecule has 644 valence electrons. The fraction of sp³-hybridized carbons (Fsp3) is 0.286. The van der Waals surface area contributed by atoms with Crippen LogP contribution in [0, 0.1) is 115 Å². The second-order valence-electron chi connectivity index (χ2n) is 31.6. The quantitative estimate of drug-likeness (QED) is 0.0139. The number of nitrogens with zero attached hydrogens (tertiary/aromatic N) is 9. The first kappa shape index (κ1) is 91.2. The highest BCUT2D eigenvalue weighted by molar-refractivity contribution is 6.11. The molecule has 5 aromatic carbocycles. The first-order valence-corrected chi connectivity index (χ1v) is 43.4. The number of hydroxylamine groups is 2. The summed E-state index contributed by atoms with van der Waals surface area (Å²) in [6.07, 6.45) is 26.7. The van der Waals surface area contributed by atoms with E-state index in [1.54, 1.807) is 24.3 Å². The number of nitrogens with two attached hydrogens (primary N) is 1. The highest BCUT2D eigenvalue weighted by Gasteiger charge is 2.33. The Bertz CT molecular complexity index is 6310. The van der Waals surface area contributed by atoms with E-state index >= 15 is 0 Å². The molecule has 1 aliphatic heterocycles. The second kappa shape index (κ2) is 45.4. The van der Waals surface area contributed by atoms with Crippen molar-refractivity contribution in [1.29, 1.82) is 0 Å². The average molecular weight is 1690 g/mol. The van der Waals surface area contributed by atoms with E-state index in [9.17, 15) is 33.6 Å². The third-order valence-electron chi connectivity index (χ3n) is 21.2. The summed E-state index contributed by atoms with van der Waals surface area (Å²) >= 11 is 0. The van der Waals surface area contributed by atoms with Gasteiger partial charge in [-0.1, -0.05) is 111 Å². The van der Waals surface area contributed by atoms with Gasteiger partial charge < -0.3 is 49.4 Å². The van der Waals surface area contributed by atoms with Crippen molar-refractivity contribution in [2.75, 3.05) is 27.0 Å². The average Bonchev–Trinajstić information content (AvgIpc) is 1.67. The SMILES string of the molecule is Cc1cc(C)n2ccc(C(=O)Nc3ccc(C#CCCCCCCC#Cc4ccc(N)cc4)cc3)c2n1.Cc1cc(C)n2ccc(C(=O)Nc3ccc(C#CCCCCCCC#Cc4ccc(NC(=O)c5ccn6c(C)cc(C)nc56)cc4)cc3)c2n1.Cc1cc(C)n2ccc(C(=O)Nc3ccc(C#CCCCCCCCCC(=O)ON4C(=O)CCC4=O)cc3)c2n1. The number of nitrogen functional groups attached to an aromatic ring is 1. The predicted octanol–water partition coefficient (Wildman–Crippen LogP) is 20.3. The summed E-state index contributed by atoms with van der Waals surface area (Å²) in [5.41, 5.74) is 26.5. The molecule has 0 spiro atoms. The Balaban J connectivity index is 0.000000175. The van der Waals surface area contributed by atoms with Crippen LogP contribution in [0.3, 0.4) is 0 Å². The second-order valence-corrected chi connectivity index (χ2v) is 31.6. The summed E-state index contributed by atoms with van der Waals surface area (Å²) in [5, 5.41) is 12.4. The van der Waals surface area contributed by atoms with Gasteiger partial charge in [0.2, 0.25) is 0 Å². The summed E-state index contributed by atoms with van der Waals surface area (Å²) in [7, 11) is 0. The maximum atomic E-state index is 12.9. The van der Waals surface area contributed by atoms with E-state index in [0.717, 1.165) is 205 Å². The minimum Gasteiger partial charge on any atom is -0.399 e. The topological polar surface area (TPSA) is 275 Å². The van der Waals surface area contributed by atoms with Gasteiger partial charge in [-0.15, -0.1) is 5.06 Å². The van der Waals surface area contributed by atoms with Crippen LogP contribution in [-0.2, 0) is 19.2 Å². The van der Waals surface area contributed by atoms with Crippen molar-refractivity contribution >= 4 is 92.4 Å². The molecule has 8 aromatic heterocycles. The van der Waals surface area contributed by atoms with Gasteiger partial charge in [-0.3, -0.25) is 28.8 Å². The number of fused-ring (bicyclic) bond motifs is 4. The van der Waals surface area contributed by atoms with Crippen LogP contribution in [-0.4, -0.2) is 84.0 Å². The van der Waals surface area contributed by atoms with Crippen LogP contribution in [0.4, 0.5) is 28.4 Å². The third-order valence-corrected chi connectivity index (χ3v) is 21.2. The van der Waals surface area contributed by atoms with Gasteiger partial charge in [-0.25, -0.2) is 24.7 Å². The minimum atomic E-state index is -0.536. The summed E-state index contributed by atoms with van der Waals surface area (Å²) in [5.74, 6) is 30.1. The van der Waals surface area contributed by atoms with Crippen molar-refractivity contribution in [1.82, 2.24) is 42.6 Å². The van der Waals surface area contributed by atoms with Crippen molar-refractivity contribution in [3.05, 3.63) is 290 Å². The molecule has 13 aromatic rings. The number of benzene rings is 5. The lowest BCUT2D eigenvalue weighted by atomic mass is 10.1. The van der Waals surface area contributed by atoms with Crippen molar-refractivity contribution in [2.45, 2.75) is 197 Å². The third kappa shape index (κ3) is 26.5. The summed E-state index contributed by atoms with van der Waals surface area (Å²) in [6, 6.07) is 53.2. The Morgan fingerprint density at radius 2 is 0.551 bits per heavy atom. The van der Waals surface area contributed by atoms with Gasteiger partial charge in [0.1, 0.15) is 22.6 Å². The molecule has 9 heterocycles. The van der Waals surface area contributed by atoms with Crippen LogP contribution in [0.1, 0.15) is 256 Å². The summed E-state index contributed by atoms with van der Waals surface area (Å²) in [4.78, 5) is 109. The molecule has 0 atom stereocenters. The highest BCUT2D eigenvalue weighted by atomic mass is 16.7. The first-order valence-electron chi connectivity index (χ1n) is 43.4. The van der Waals surface area contributed by atoms with E-state index in [1.165, 1.54) is 6.42 Å². The van der Waals surface area contributed by atoms with Gasteiger partial charge in [0.15, 0.2) is 0 Å². The molecule has 1 fully saturated rings. The maximum Gasteiger partial charge on any atom is 0.333 e. The lowest BCUT2D eigenvalue weighted by Gasteiger charge is -2.12. The number of aryl methyl sites for hydroxylation is 8. The summed E-state index contributed by atoms with van der Waals surface area (Å²) < 4.78 is 7.69. The molecule has 0 bridgehead atoms. The molecule has 0 aliphatic carbocycles.